The molecular formula is C15H10O5. The molecule has 0 amide bonds. The van der Waals surface area contributed by atoms with Gasteiger partial charge in [-0.25, -0.2) is 0 Å². The summed E-state index contributed by atoms with van der Waals surface area (Å²) in [6.45, 7) is 0. The minimum absolute atomic E-state index is 0.0478. The molecule has 0 aliphatic carbocycles. The van der Waals surface area contributed by atoms with Crippen LogP contribution in [0.3, 0.4) is 0 Å². The van der Waals surface area contributed by atoms with Gasteiger partial charge in [-0.1, -0.05) is 12.1 Å². The highest BCUT2D eigenvalue weighted by Gasteiger charge is 2.29. The molecule has 0 fully saturated rings. The van der Waals surface area contributed by atoms with Crippen LogP contribution < -0.4 is 4.74 Å². The fourth-order valence-corrected chi connectivity index (χ4v) is 1.98. The van der Waals surface area contributed by atoms with Crippen molar-refractivity contribution in [3.63, 3.8) is 0 Å². The summed E-state index contributed by atoms with van der Waals surface area (Å²) < 4.78 is 5.34. The second-order valence-corrected chi connectivity index (χ2v) is 4.34. The molecule has 100 valence electrons. The number of benzene rings is 2. The predicted octanol–water partition coefficient (Wildman–Crippen LogP) is 2.42. The molecule has 0 spiro atoms. The molecule has 1 heterocycles. The Kier molecular flexibility index (Phi) is 2.61. The number of hydrogen-bond acceptors (Lipinski definition) is 5. The quantitative estimate of drug-likeness (QED) is 0.547. The number of phenols is 3. The Hall–Kier alpha value is -2.95. The van der Waals surface area contributed by atoms with Crippen LogP contribution in [-0.2, 0) is 0 Å². The van der Waals surface area contributed by atoms with E-state index in [4.69, 9.17) is 4.74 Å². The van der Waals surface area contributed by atoms with E-state index in [1.807, 2.05) is 0 Å². The number of carbonyl (C=O) groups is 1. The number of allylic oxidation sites excluding steroid dienone is 1. The van der Waals surface area contributed by atoms with Gasteiger partial charge in [-0.15, -0.1) is 0 Å². The van der Waals surface area contributed by atoms with Crippen LogP contribution in [0.4, 0.5) is 0 Å². The number of aromatic hydroxyl groups is 3. The van der Waals surface area contributed by atoms with Crippen LogP contribution in [0.5, 0.6) is 23.0 Å². The van der Waals surface area contributed by atoms with Crippen molar-refractivity contribution in [1.29, 1.82) is 0 Å². The summed E-state index contributed by atoms with van der Waals surface area (Å²) in [4.78, 5) is 12.1. The van der Waals surface area contributed by atoms with E-state index in [0.717, 1.165) is 0 Å². The molecule has 0 saturated carbocycles. The Balaban J connectivity index is 2.01. The van der Waals surface area contributed by atoms with Gasteiger partial charge in [-0.05, 0) is 35.9 Å². The Morgan fingerprint density at radius 2 is 1.75 bits per heavy atom. The lowest BCUT2D eigenvalue weighted by Crippen LogP contribution is -1.97. The molecule has 0 atom stereocenters. The van der Waals surface area contributed by atoms with Crippen molar-refractivity contribution in [2.24, 2.45) is 0 Å². The molecular weight excluding hydrogens is 260 g/mol. The average Bonchev–Trinajstić information content (AvgIpc) is 2.73. The van der Waals surface area contributed by atoms with Crippen molar-refractivity contribution in [3.8, 4) is 23.0 Å². The van der Waals surface area contributed by atoms with Crippen LogP contribution in [0.1, 0.15) is 15.9 Å². The zero-order valence-corrected chi connectivity index (χ0v) is 10.2. The number of rotatable bonds is 1. The standard InChI is InChI=1S/C15H10O5/c16-10-5-4-8(6-12(10)18)7-13-14(19)9-2-1-3-11(17)15(9)20-13/h1-7,16-18H/b13-7-. The summed E-state index contributed by atoms with van der Waals surface area (Å²) in [5.74, 6) is -0.800. The molecule has 5 heteroatoms. The van der Waals surface area contributed by atoms with Crippen molar-refractivity contribution >= 4 is 11.9 Å². The lowest BCUT2D eigenvalue weighted by atomic mass is 10.1. The fraction of sp³-hybridized carbons (Fsp3) is 0. The van der Waals surface area contributed by atoms with E-state index in [1.165, 1.54) is 30.3 Å². The third-order valence-electron chi connectivity index (χ3n) is 2.97. The Morgan fingerprint density at radius 1 is 0.950 bits per heavy atom. The molecule has 0 aromatic heterocycles. The third kappa shape index (κ3) is 1.85. The normalized spacial score (nSPS) is 15.2. The van der Waals surface area contributed by atoms with Gasteiger partial charge in [0.05, 0.1) is 5.56 Å². The summed E-state index contributed by atoms with van der Waals surface area (Å²) in [7, 11) is 0. The van der Waals surface area contributed by atoms with Gasteiger partial charge in [0.1, 0.15) is 0 Å². The van der Waals surface area contributed by atoms with E-state index in [2.05, 4.69) is 0 Å². The minimum atomic E-state index is -0.344. The first kappa shape index (κ1) is 12.1. The number of carbonyl (C=O) groups excluding carboxylic acids is 1. The maximum Gasteiger partial charge on any atom is 0.232 e. The number of hydrogen-bond donors (Lipinski definition) is 3. The largest absolute Gasteiger partial charge is 0.504 e. The van der Waals surface area contributed by atoms with Crippen molar-refractivity contribution in [2.45, 2.75) is 0 Å². The highest BCUT2D eigenvalue weighted by molar-refractivity contribution is 6.15. The van der Waals surface area contributed by atoms with Gasteiger partial charge in [0.25, 0.3) is 0 Å². The highest BCUT2D eigenvalue weighted by atomic mass is 16.5. The van der Waals surface area contributed by atoms with Gasteiger partial charge in [0.2, 0.25) is 5.78 Å². The molecule has 2 aromatic carbocycles. The molecule has 5 nitrogen and oxygen atoms in total. The SMILES string of the molecule is O=C1/C(=C/c2ccc(O)c(O)c2)Oc2c(O)cccc21. The second kappa shape index (κ2) is 4.31. The monoisotopic (exact) mass is 270 g/mol. The second-order valence-electron chi connectivity index (χ2n) is 4.34. The van der Waals surface area contributed by atoms with Crippen LogP contribution in [0.25, 0.3) is 6.08 Å². The van der Waals surface area contributed by atoms with E-state index in [0.29, 0.717) is 11.1 Å². The molecule has 20 heavy (non-hydrogen) atoms. The first-order valence-corrected chi connectivity index (χ1v) is 5.84. The van der Waals surface area contributed by atoms with E-state index < -0.39 is 0 Å². The summed E-state index contributed by atoms with van der Waals surface area (Å²) >= 11 is 0. The first-order chi connectivity index (χ1) is 9.56. The van der Waals surface area contributed by atoms with Crippen LogP contribution in [0.15, 0.2) is 42.2 Å². The number of ether oxygens (including phenoxy) is 1. The molecule has 3 rings (SSSR count). The van der Waals surface area contributed by atoms with E-state index >= 15 is 0 Å². The Labute approximate surface area is 114 Å². The molecule has 1 aliphatic rings. The number of Topliss-reactive ketones (excluding diaryl/α,β-unsaturated/α-hetero) is 1. The number of phenolic OH excluding ortho intramolecular Hbond substituents is 3. The summed E-state index contributed by atoms with van der Waals surface area (Å²) in [5, 5.41) is 28.3. The molecule has 2 aromatic rings. The Bertz CT molecular complexity index is 746. The lowest BCUT2D eigenvalue weighted by Gasteiger charge is -2.01. The van der Waals surface area contributed by atoms with Gasteiger partial charge < -0.3 is 20.1 Å². The maximum atomic E-state index is 12.1. The summed E-state index contributed by atoms with van der Waals surface area (Å²) in [6.07, 6.45) is 1.43. The van der Waals surface area contributed by atoms with Crippen LogP contribution in [0.2, 0.25) is 0 Å². The summed E-state index contributed by atoms with van der Waals surface area (Å²) in [5.41, 5.74) is 0.787. The van der Waals surface area contributed by atoms with Gasteiger partial charge in [-0.3, -0.25) is 4.79 Å². The number of fused-ring (bicyclic) bond motifs is 1. The molecule has 0 unspecified atom stereocenters. The highest BCUT2D eigenvalue weighted by Crippen LogP contribution is 2.39. The fourth-order valence-electron chi connectivity index (χ4n) is 1.98. The topological polar surface area (TPSA) is 87.0 Å². The molecule has 0 saturated heterocycles. The molecule has 3 N–H and O–H groups in total. The van der Waals surface area contributed by atoms with Gasteiger partial charge >= 0.3 is 0 Å². The van der Waals surface area contributed by atoms with Crippen LogP contribution >= 0.6 is 0 Å². The van der Waals surface area contributed by atoms with Crippen molar-refractivity contribution in [2.75, 3.05) is 0 Å². The minimum Gasteiger partial charge on any atom is -0.504 e. The maximum absolute atomic E-state index is 12.1. The number of para-hydroxylation sites is 1. The van der Waals surface area contributed by atoms with Crippen LogP contribution in [0, 0.1) is 0 Å². The van der Waals surface area contributed by atoms with Gasteiger partial charge in [0, 0.05) is 0 Å². The van der Waals surface area contributed by atoms with E-state index in [-0.39, 0.29) is 34.5 Å². The van der Waals surface area contributed by atoms with Crippen molar-refractivity contribution < 1.29 is 24.9 Å². The average molecular weight is 270 g/mol. The summed E-state index contributed by atoms with van der Waals surface area (Å²) in [6, 6.07) is 8.70. The van der Waals surface area contributed by atoms with Crippen molar-refractivity contribution in [1.82, 2.24) is 0 Å². The van der Waals surface area contributed by atoms with E-state index in [9.17, 15) is 20.1 Å². The molecule has 0 bridgehead atoms. The third-order valence-corrected chi connectivity index (χ3v) is 2.97. The van der Waals surface area contributed by atoms with Gasteiger partial charge in [0.15, 0.2) is 28.8 Å². The molecule has 0 radical (unpaired) electrons. The van der Waals surface area contributed by atoms with E-state index in [1.54, 1.807) is 12.1 Å². The zero-order valence-electron chi connectivity index (χ0n) is 10.2. The molecule has 1 aliphatic heterocycles. The van der Waals surface area contributed by atoms with Gasteiger partial charge in [-0.2, -0.15) is 0 Å². The predicted molar refractivity (Wildman–Crippen MR) is 70.8 cm³/mol. The smallest absolute Gasteiger partial charge is 0.232 e. The van der Waals surface area contributed by atoms with Crippen molar-refractivity contribution in [3.05, 3.63) is 53.3 Å². The zero-order chi connectivity index (χ0) is 14.3. The Morgan fingerprint density at radius 3 is 2.45 bits per heavy atom. The first-order valence-electron chi connectivity index (χ1n) is 5.84. The number of ketones is 1. The van der Waals surface area contributed by atoms with Crippen LogP contribution in [-0.4, -0.2) is 21.1 Å². The lowest BCUT2D eigenvalue weighted by molar-refractivity contribution is 0.101.